The minimum atomic E-state index is -0.173. The summed E-state index contributed by atoms with van der Waals surface area (Å²) < 4.78 is 0. The summed E-state index contributed by atoms with van der Waals surface area (Å²) in [6, 6.07) is 13.8. The van der Waals surface area contributed by atoms with Crippen molar-refractivity contribution in [1.29, 1.82) is 0 Å². The molecule has 0 bridgehead atoms. The van der Waals surface area contributed by atoms with Crippen molar-refractivity contribution < 1.29 is 4.79 Å². The topological polar surface area (TPSA) is 68.0 Å². The van der Waals surface area contributed by atoms with Crippen molar-refractivity contribution in [3.8, 4) is 0 Å². The molecule has 104 valence electrons. The Balaban J connectivity index is 2.18. The summed E-state index contributed by atoms with van der Waals surface area (Å²) in [5.41, 5.74) is 8.59. The van der Waals surface area contributed by atoms with Gasteiger partial charge in [0.2, 0.25) is 5.91 Å². The molecular weight excluding hydrogens is 250 g/mol. The van der Waals surface area contributed by atoms with E-state index in [1.54, 1.807) is 6.20 Å². The smallest absolute Gasteiger partial charge is 0.234 e. The largest absolute Gasteiger partial charge is 0.346 e. The molecule has 0 radical (unpaired) electrons. The van der Waals surface area contributed by atoms with Gasteiger partial charge >= 0.3 is 0 Å². The molecule has 0 aliphatic rings. The molecule has 1 aromatic heterocycles. The molecule has 2 aromatic rings. The van der Waals surface area contributed by atoms with E-state index in [9.17, 15) is 4.79 Å². The number of benzene rings is 1. The predicted octanol–water partition coefficient (Wildman–Crippen LogP) is 1.75. The third-order valence-electron chi connectivity index (χ3n) is 3.13. The lowest BCUT2D eigenvalue weighted by molar-refractivity contribution is -0.120. The zero-order valence-electron chi connectivity index (χ0n) is 11.5. The zero-order chi connectivity index (χ0) is 14.4. The first-order valence-corrected chi connectivity index (χ1v) is 6.65. The Kier molecular flexibility index (Phi) is 4.85. The zero-order valence-corrected chi connectivity index (χ0v) is 11.5. The van der Waals surface area contributed by atoms with E-state index >= 15 is 0 Å². The molecule has 0 saturated heterocycles. The van der Waals surface area contributed by atoms with Crippen molar-refractivity contribution in [2.75, 3.05) is 6.54 Å². The highest BCUT2D eigenvalue weighted by atomic mass is 16.1. The number of aromatic nitrogens is 1. The first-order valence-electron chi connectivity index (χ1n) is 6.65. The van der Waals surface area contributed by atoms with Gasteiger partial charge in [-0.15, -0.1) is 0 Å². The fourth-order valence-electron chi connectivity index (χ4n) is 2.02. The van der Waals surface area contributed by atoms with Crippen LogP contribution in [-0.4, -0.2) is 17.4 Å². The van der Waals surface area contributed by atoms with Crippen LogP contribution in [0.15, 0.2) is 48.7 Å². The molecule has 1 amide bonds. The van der Waals surface area contributed by atoms with Gasteiger partial charge in [0, 0.05) is 6.20 Å². The Bertz CT molecular complexity index is 552. The Morgan fingerprint density at radius 1 is 1.25 bits per heavy atom. The lowest BCUT2D eigenvalue weighted by Gasteiger charge is -2.18. The number of amides is 1. The minimum Gasteiger partial charge on any atom is -0.346 e. The molecule has 1 unspecified atom stereocenters. The fraction of sp³-hybridized carbons (Fsp3) is 0.250. The second-order valence-electron chi connectivity index (χ2n) is 4.77. The van der Waals surface area contributed by atoms with E-state index in [0.29, 0.717) is 6.42 Å². The number of hydrogen-bond donors (Lipinski definition) is 2. The van der Waals surface area contributed by atoms with Gasteiger partial charge in [-0.1, -0.05) is 35.9 Å². The molecule has 0 spiro atoms. The van der Waals surface area contributed by atoms with Crippen LogP contribution in [0.4, 0.5) is 0 Å². The molecule has 0 aliphatic heterocycles. The van der Waals surface area contributed by atoms with Crippen molar-refractivity contribution in [2.45, 2.75) is 19.4 Å². The number of aryl methyl sites for hydroxylation is 1. The summed E-state index contributed by atoms with van der Waals surface area (Å²) in [6.07, 6.45) is 2.43. The van der Waals surface area contributed by atoms with Crippen molar-refractivity contribution in [3.63, 3.8) is 0 Å². The number of carbonyl (C=O) groups excluding carboxylic acids is 1. The summed E-state index contributed by atoms with van der Waals surface area (Å²) in [6.45, 7) is 2.04. The molecule has 1 aromatic carbocycles. The van der Waals surface area contributed by atoms with E-state index in [1.165, 1.54) is 5.56 Å². The maximum Gasteiger partial charge on any atom is 0.234 e. The molecular formula is C16H19N3O. The minimum absolute atomic E-state index is 0.0166. The lowest BCUT2D eigenvalue weighted by atomic mass is 10.0. The first kappa shape index (κ1) is 14.2. The van der Waals surface area contributed by atoms with E-state index in [0.717, 1.165) is 11.3 Å². The molecule has 3 N–H and O–H groups in total. The van der Waals surface area contributed by atoms with E-state index in [-0.39, 0.29) is 18.5 Å². The van der Waals surface area contributed by atoms with Gasteiger partial charge in [-0.05, 0) is 31.0 Å². The molecule has 0 fully saturated rings. The van der Waals surface area contributed by atoms with Crippen LogP contribution in [0.2, 0.25) is 0 Å². The SMILES string of the molecule is Cc1ccc(CC(NC(=O)CN)c2ccccn2)cc1. The van der Waals surface area contributed by atoms with Gasteiger partial charge in [0.1, 0.15) is 0 Å². The van der Waals surface area contributed by atoms with E-state index in [1.807, 2.05) is 18.2 Å². The Morgan fingerprint density at radius 2 is 2.00 bits per heavy atom. The quantitative estimate of drug-likeness (QED) is 0.869. The maximum absolute atomic E-state index is 11.6. The van der Waals surface area contributed by atoms with Gasteiger partial charge in [0.15, 0.2) is 0 Å². The van der Waals surface area contributed by atoms with Gasteiger partial charge in [-0.3, -0.25) is 9.78 Å². The highest BCUT2D eigenvalue weighted by Crippen LogP contribution is 2.16. The summed E-state index contributed by atoms with van der Waals surface area (Å²) in [7, 11) is 0. The van der Waals surface area contributed by atoms with Crippen LogP contribution in [0.5, 0.6) is 0 Å². The highest BCUT2D eigenvalue weighted by Gasteiger charge is 2.15. The van der Waals surface area contributed by atoms with Crippen LogP contribution >= 0.6 is 0 Å². The number of rotatable bonds is 5. The van der Waals surface area contributed by atoms with Crippen LogP contribution in [0.1, 0.15) is 22.9 Å². The lowest BCUT2D eigenvalue weighted by Crippen LogP contribution is -2.35. The maximum atomic E-state index is 11.6. The van der Waals surface area contributed by atoms with Crippen LogP contribution < -0.4 is 11.1 Å². The Morgan fingerprint density at radius 3 is 2.60 bits per heavy atom. The number of hydrogen-bond acceptors (Lipinski definition) is 3. The molecule has 4 heteroatoms. The van der Waals surface area contributed by atoms with Gasteiger partial charge in [-0.25, -0.2) is 0 Å². The van der Waals surface area contributed by atoms with Crippen molar-refractivity contribution in [3.05, 3.63) is 65.5 Å². The number of pyridine rings is 1. The molecule has 1 atom stereocenters. The van der Waals surface area contributed by atoms with Crippen molar-refractivity contribution in [1.82, 2.24) is 10.3 Å². The van der Waals surface area contributed by atoms with Crippen LogP contribution in [0.25, 0.3) is 0 Å². The van der Waals surface area contributed by atoms with Crippen LogP contribution in [-0.2, 0) is 11.2 Å². The van der Waals surface area contributed by atoms with Crippen molar-refractivity contribution >= 4 is 5.91 Å². The monoisotopic (exact) mass is 269 g/mol. The summed E-state index contributed by atoms with van der Waals surface area (Å²) in [5, 5.41) is 2.92. The van der Waals surface area contributed by atoms with E-state index in [4.69, 9.17) is 5.73 Å². The molecule has 0 aliphatic carbocycles. The molecule has 1 heterocycles. The summed E-state index contributed by atoms with van der Waals surface area (Å²) in [5.74, 6) is -0.173. The number of nitrogens with two attached hydrogens (primary N) is 1. The van der Waals surface area contributed by atoms with Gasteiger partial charge in [-0.2, -0.15) is 0 Å². The number of carbonyl (C=O) groups is 1. The second-order valence-corrected chi connectivity index (χ2v) is 4.77. The number of nitrogens with one attached hydrogen (secondary N) is 1. The van der Waals surface area contributed by atoms with Gasteiger partial charge in [0.05, 0.1) is 18.3 Å². The first-order chi connectivity index (χ1) is 9.69. The fourth-order valence-corrected chi connectivity index (χ4v) is 2.02. The van der Waals surface area contributed by atoms with Gasteiger partial charge in [0.25, 0.3) is 0 Å². The Hall–Kier alpha value is -2.20. The van der Waals surface area contributed by atoms with E-state index < -0.39 is 0 Å². The summed E-state index contributed by atoms with van der Waals surface area (Å²) in [4.78, 5) is 15.9. The average molecular weight is 269 g/mol. The van der Waals surface area contributed by atoms with E-state index in [2.05, 4.69) is 41.5 Å². The third kappa shape index (κ3) is 3.90. The van der Waals surface area contributed by atoms with Crippen LogP contribution in [0.3, 0.4) is 0 Å². The predicted molar refractivity (Wildman–Crippen MR) is 79.1 cm³/mol. The third-order valence-corrected chi connectivity index (χ3v) is 3.13. The van der Waals surface area contributed by atoms with Crippen molar-refractivity contribution in [2.24, 2.45) is 5.73 Å². The van der Waals surface area contributed by atoms with Gasteiger partial charge < -0.3 is 11.1 Å². The highest BCUT2D eigenvalue weighted by molar-refractivity contribution is 5.78. The molecule has 20 heavy (non-hydrogen) atoms. The standard InChI is InChI=1S/C16H19N3O/c1-12-5-7-13(8-6-12)10-15(19-16(20)11-17)14-4-2-3-9-18-14/h2-9,15H,10-11,17H2,1H3,(H,19,20). The normalized spacial score (nSPS) is 11.9. The summed E-state index contributed by atoms with van der Waals surface area (Å²) >= 11 is 0. The molecule has 2 rings (SSSR count). The Labute approximate surface area is 119 Å². The molecule has 4 nitrogen and oxygen atoms in total. The number of nitrogens with zero attached hydrogens (tertiary/aromatic N) is 1. The molecule has 0 saturated carbocycles. The average Bonchev–Trinajstić information content (AvgIpc) is 2.49. The van der Waals surface area contributed by atoms with Crippen LogP contribution in [0, 0.1) is 6.92 Å². The second kappa shape index (κ2) is 6.82.